The maximum Gasteiger partial charge on any atom is 0.416 e. The zero-order chi connectivity index (χ0) is 25.4. The second kappa shape index (κ2) is 9.47. The van der Waals surface area contributed by atoms with Crippen LogP contribution in [0.4, 0.5) is 31.1 Å². The minimum atomic E-state index is -4.98. The smallest absolute Gasteiger partial charge is 0.416 e. The normalized spacial score (nSPS) is 19.2. The Labute approximate surface area is 195 Å². The summed E-state index contributed by atoms with van der Waals surface area (Å²) >= 11 is 1.38. The van der Waals surface area contributed by atoms with Crippen molar-refractivity contribution in [3.05, 3.63) is 56.8 Å². The summed E-state index contributed by atoms with van der Waals surface area (Å²) in [5, 5.41) is 11.2. The Morgan fingerprint density at radius 2 is 1.71 bits per heavy atom. The van der Waals surface area contributed by atoms with Gasteiger partial charge < -0.3 is 14.9 Å². The van der Waals surface area contributed by atoms with E-state index in [0.717, 1.165) is 15.3 Å². The number of alkyl halides is 6. The largest absolute Gasteiger partial charge is 0.465 e. The van der Waals surface area contributed by atoms with Crippen molar-refractivity contribution in [3.63, 3.8) is 0 Å². The minimum Gasteiger partial charge on any atom is -0.465 e. The van der Waals surface area contributed by atoms with E-state index in [1.165, 1.54) is 23.3 Å². The van der Waals surface area contributed by atoms with Gasteiger partial charge in [0.25, 0.3) is 0 Å². The number of hydrogen-bond donors (Lipinski definition) is 1. The van der Waals surface area contributed by atoms with E-state index in [-0.39, 0.29) is 31.1 Å². The fourth-order valence-electron chi connectivity index (χ4n) is 4.20. The lowest BCUT2D eigenvalue weighted by Crippen LogP contribution is -2.47. The zero-order valence-electron chi connectivity index (χ0n) is 18.2. The lowest BCUT2D eigenvalue weighted by molar-refractivity contribution is -0.143. The van der Waals surface area contributed by atoms with Gasteiger partial charge in [0.05, 0.1) is 11.1 Å². The fraction of sp³-hybridized carbons (Fsp3) is 0.455. The first-order valence-electron chi connectivity index (χ1n) is 10.2. The number of benzene rings is 1. The average molecular weight is 508 g/mol. The summed E-state index contributed by atoms with van der Waals surface area (Å²) in [6, 6.07) is 3.09. The SMILES string of the molecule is Cc1ccsc1C1CN(C(=O)O)CCC1C(=O)N(C)Cc1cc(C(F)(F)F)cc(C(F)(F)F)c1. The molecule has 0 saturated carbocycles. The molecule has 0 bridgehead atoms. The molecule has 2 atom stereocenters. The molecule has 12 heteroatoms. The molecule has 2 amide bonds. The Morgan fingerprint density at radius 1 is 1.12 bits per heavy atom. The first kappa shape index (κ1) is 25.9. The molecule has 1 aromatic carbocycles. The van der Waals surface area contributed by atoms with Gasteiger partial charge in [-0.3, -0.25) is 4.79 Å². The second-order valence-corrected chi connectivity index (χ2v) is 9.25. The van der Waals surface area contributed by atoms with E-state index in [1.54, 1.807) is 0 Å². The molecule has 0 radical (unpaired) electrons. The third kappa shape index (κ3) is 5.65. The number of likely N-dealkylation sites (tertiary alicyclic amines) is 1. The van der Waals surface area contributed by atoms with Gasteiger partial charge >= 0.3 is 18.4 Å². The van der Waals surface area contributed by atoms with E-state index in [9.17, 15) is 41.0 Å². The van der Waals surface area contributed by atoms with E-state index in [0.29, 0.717) is 12.1 Å². The molecule has 1 aromatic heterocycles. The summed E-state index contributed by atoms with van der Waals surface area (Å²) in [6.07, 6.45) is -10.9. The van der Waals surface area contributed by atoms with Crippen molar-refractivity contribution in [3.8, 4) is 0 Å². The molecule has 1 saturated heterocycles. The maximum absolute atomic E-state index is 13.3. The Kier molecular flexibility index (Phi) is 7.20. The lowest BCUT2D eigenvalue weighted by atomic mass is 9.82. The molecule has 1 aliphatic rings. The van der Waals surface area contributed by atoms with Gasteiger partial charge in [-0.25, -0.2) is 4.79 Å². The number of thiophene rings is 1. The van der Waals surface area contributed by atoms with E-state index in [2.05, 4.69) is 0 Å². The Balaban J connectivity index is 1.88. The number of carbonyl (C=O) groups excluding carboxylic acids is 1. The summed E-state index contributed by atoms with van der Waals surface area (Å²) in [5.41, 5.74) is -2.31. The molecule has 0 spiro atoms. The van der Waals surface area contributed by atoms with Gasteiger partial charge in [-0.2, -0.15) is 26.3 Å². The van der Waals surface area contributed by atoms with Crippen LogP contribution in [0.3, 0.4) is 0 Å². The van der Waals surface area contributed by atoms with Crippen LogP contribution in [0.1, 0.15) is 39.5 Å². The van der Waals surface area contributed by atoms with Crippen LogP contribution >= 0.6 is 11.3 Å². The number of nitrogens with zero attached hydrogens (tertiary/aromatic N) is 2. The van der Waals surface area contributed by atoms with Crippen LogP contribution in [0.2, 0.25) is 0 Å². The van der Waals surface area contributed by atoms with Gasteiger partial charge in [-0.15, -0.1) is 11.3 Å². The van der Waals surface area contributed by atoms with Crippen LogP contribution in [0, 0.1) is 12.8 Å². The average Bonchev–Trinajstić information content (AvgIpc) is 3.16. The monoisotopic (exact) mass is 508 g/mol. The summed E-state index contributed by atoms with van der Waals surface area (Å²) in [7, 11) is 1.32. The molecule has 1 fully saturated rings. The lowest BCUT2D eigenvalue weighted by Gasteiger charge is -2.38. The van der Waals surface area contributed by atoms with Crippen molar-refractivity contribution in [2.75, 3.05) is 20.1 Å². The van der Waals surface area contributed by atoms with Gasteiger partial charge in [-0.05, 0) is 54.1 Å². The number of hydrogen-bond acceptors (Lipinski definition) is 3. The molecule has 0 aliphatic carbocycles. The highest BCUT2D eigenvalue weighted by Gasteiger charge is 2.40. The molecule has 2 aromatic rings. The number of piperidine rings is 1. The predicted octanol–water partition coefficient (Wildman–Crippen LogP) is 5.84. The van der Waals surface area contributed by atoms with Crippen LogP contribution < -0.4 is 0 Å². The highest BCUT2D eigenvalue weighted by molar-refractivity contribution is 7.10. The van der Waals surface area contributed by atoms with Gasteiger partial charge in [0.2, 0.25) is 5.91 Å². The topological polar surface area (TPSA) is 60.9 Å². The fourth-order valence-corrected chi connectivity index (χ4v) is 5.28. The number of amides is 2. The number of aryl methyl sites for hydroxylation is 1. The van der Waals surface area contributed by atoms with Gasteiger partial charge in [-0.1, -0.05) is 0 Å². The van der Waals surface area contributed by atoms with Crippen LogP contribution in [0.25, 0.3) is 0 Å². The summed E-state index contributed by atoms with van der Waals surface area (Å²) in [6.45, 7) is 1.55. The van der Waals surface area contributed by atoms with E-state index in [1.807, 2.05) is 18.4 Å². The van der Waals surface area contributed by atoms with Crippen LogP contribution in [-0.4, -0.2) is 47.0 Å². The van der Waals surface area contributed by atoms with Crippen molar-refractivity contribution in [1.29, 1.82) is 0 Å². The van der Waals surface area contributed by atoms with Gasteiger partial charge in [0.1, 0.15) is 0 Å². The van der Waals surface area contributed by atoms with E-state index >= 15 is 0 Å². The maximum atomic E-state index is 13.3. The van der Waals surface area contributed by atoms with Gasteiger partial charge in [0.15, 0.2) is 0 Å². The molecule has 5 nitrogen and oxygen atoms in total. The number of halogens is 6. The number of rotatable bonds is 4. The summed E-state index contributed by atoms with van der Waals surface area (Å²) in [5.74, 6) is -1.59. The Bertz CT molecular complexity index is 1030. The highest BCUT2D eigenvalue weighted by atomic mass is 32.1. The number of carbonyl (C=O) groups is 2. The quantitative estimate of drug-likeness (QED) is 0.529. The molecule has 2 heterocycles. The predicted molar refractivity (Wildman–Crippen MR) is 112 cm³/mol. The minimum absolute atomic E-state index is 0.0442. The molecule has 3 rings (SSSR count). The Morgan fingerprint density at radius 3 is 2.18 bits per heavy atom. The number of carboxylic acid groups (broad SMARTS) is 1. The van der Waals surface area contributed by atoms with Crippen LogP contribution in [0.5, 0.6) is 0 Å². The third-order valence-corrected chi connectivity index (χ3v) is 7.03. The molecular formula is C22H22F6N2O3S. The zero-order valence-corrected chi connectivity index (χ0v) is 19.0. The molecule has 1 aliphatic heterocycles. The van der Waals surface area contributed by atoms with E-state index in [4.69, 9.17) is 0 Å². The van der Waals surface area contributed by atoms with Gasteiger partial charge in [0, 0.05) is 43.4 Å². The first-order chi connectivity index (χ1) is 15.7. The van der Waals surface area contributed by atoms with Crippen LogP contribution in [-0.2, 0) is 23.7 Å². The highest BCUT2D eigenvalue weighted by Crippen LogP contribution is 2.39. The van der Waals surface area contributed by atoms with E-state index < -0.39 is 53.9 Å². The molecule has 34 heavy (non-hydrogen) atoms. The van der Waals surface area contributed by atoms with Crippen molar-refractivity contribution in [1.82, 2.24) is 9.80 Å². The second-order valence-electron chi connectivity index (χ2n) is 8.31. The van der Waals surface area contributed by atoms with Crippen molar-refractivity contribution >= 4 is 23.3 Å². The molecule has 186 valence electrons. The molecular weight excluding hydrogens is 486 g/mol. The summed E-state index contributed by atoms with van der Waals surface area (Å²) < 4.78 is 79.0. The standard InChI is InChI=1S/C22H22F6N2O3S/c1-12-4-6-34-18(12)17-11-30(20(32)33)5-3-16(17)19(31)29(2)10-13-7-14(21(23,24)25)9-15(8-13)22(26,27)28/h4,6-9,16-17H,3,5,10-11H2,1-2H3,(H,32,33). The molecule has 2 unspecified atom stereocenters. The van der Waals surface area contributed by atoms with Crippen molar-refractivity contribution in [2.24, 2.45) is 5.92 Å². The van der Waals surface area contributed by atoms with Crippen LogP contribution in [0.15, 0.2) is 29.6 Å². The van der Waals surface area contributed by atoms with Crippen molar-refractivity contribution in [2.45, 2.75) is 38.2 Å². The first-order valence-corrected chi connectivity index (χ1v) is 11.1. The van der Waals surface area contributed by atoms with Crippen molar-refractivity contribution < 1.29 is 41.0 Å². The molecule has 1 N–H and O–H groups in total. The Hall–Kier alpha value is -2.76. The summed E-state index contributed by atoms with van der Waals surface area (Å²) in [4.78, 5) is 27.9. The third-order valence-electron chi connectivity index (χ3n) is 5.88.